The molecule has 166 valence electrons. The molecule has 2 saturated heterocycles. The Balaban J connectivity index is 1.13. The maximum absolute atomic E-state index is 12.9. The molecule has 3 heterocycles. The molecule has 0 bridgehead atoms. The standard InChI is InChI=1S/C22H28N4O5/c27-20(19-9-14-3-1-2-4-15(14)11-26(19)22(29)30)23-10-16-17-12-25(13-18(16)17)21(28)24-5-7-31-8-6-24/h1-4,16-19H,5-13H2,(H,23,27)(H,29,30). The fourth-order valence-electron chi connectivity index (χ4n) is 5.36. The zero-order valence-corrected chi connectivity index (χ0v) is 17.4. The first-order valence-corrected chi connectivity index (χ1v) is 11.0. The first kappa shape index (κ1) is 20.1. The molecule has 3 atom stereocenters. The van der Waals surface area contributed by atoms with Gasteiger partial charge in [0, 0.05) is 39.1 Å². The van der Waals surface area contributed by atoms with Gasteiger partial charge in [0.2, 0.25) is 5.91 Å². The van der Waals surface area contributed by atoms with Crippen molar-refractivity contribution in [2.24, 2.45) is 17.8 Å². The van der Waals surface area contributed by atoms with E-state index in [1.807, 2.05) is 34.1 Å². The molecule has 4 amide bonds. The van der Waals surface area contributed by atoms with Gasteiger partial charge in [0.25, 0.3) is 0 Å². The van der Waals surface area contributed by atoms with Gasteiger partial charge in [-0.2, -0.15) is 0 Å². The number of benzene rings is 1. The van der Waals surface area contributed by atoms with Crippen molar-refractivity contribution in [1.29, 1.82) is 0 Å². The monoisotopic (exact) mass is 428 g/mol. The molecule has 3 unspecified atom stereocenters. The summed E-state index contributed by atoms with van der Waals surface area (Å²) in [5, 5.41) is 12.6. The average Bonchev–Trinajstić information content (AvgIpc) is 3.24. The first-order valence-electron chi connectivity index (χ1n) is 11.0. The van der Waals surface area contributed by atoms with Crippen LogP contribution in [0.15, 0.2) is 24.3 Å². The van der Waals surface area contributed by atoms with E-state index in [-0.39, 0.29) is 18.5 Å². The number of nitrogens with one attached hydrogen (secondary N) is 1. The summed E-state index contributed by atoms with van der Waals surface area (Å²) in [6, 6.07) is 7.06. The zero-order chi connectivity index (χ0) is 21.5. The quantitative estimate of drug-likeness (QED) is 0.743. The number of carbonyl (C=O) groups is 3. The Hall–Kier alpha value is -2.81. The summed E-state index contributed by atoms with van der Waals surface area (Å²) in [4.78, 5) is 42.2. The largest absolute Gasteiger partial charge is 0.465 e. The van der Waals surface area contributed by atoms with Crippen LogP contribution in [0.4, 0.5) is 9.59 Å². The third-order valence-electron chi connectivity index (χ3n) is 7.23. The third kappa shape index (κ3) is 3.82. The molecule has 1 saturated carbocycles. The van der Waals surface area contributed by atoms with E-state index in [0.29, 0.717) is 57.0 Å². The summed E-state index contributed by atoms with van der Waals surface area (Å²) in [5.41, 5.74) is 1.98. The van der Waals surface area contributed by atoms with Gasteiger partial charge in [0.05, 0.1) is 19.8 Å². The molecule has 5 rings (SSSR count). The van der Waals surface area contributed by atoms with Crippen LogP contribution in [-0.2, 0) is 22.5 Å². The van der Waals surface area contributed by atoms with Gasteiger partial charge in [0.1, 0.15) is 6.04 Å². The molecular weight excluding hydrogens is 400 g/mol. The number of rotatable bonds is 3. The van der Waals surface area contributed by atoms with Gasteiger partial charge < -0.3 is 25.0 Å². The van der Waals surface area contributed by atoms with Gasteiger partial charge in [-0.1, -0.05) is 24.3 Å². The smallest absolute Gasteiger partial charge is 0.408 e. The van der Waals surface area contributed by atoms with Crippen LogP contribution in [0.1, 0.15) is 11.1 Å². The van der Waals surface area contributed by atoms with Gasteiger partial charge in [-0.25, -0.2) is 9.59 Å². The molecule has 2 N–H and O–H groups in total. The Labute approximate surface area is 180 Å². The van der Waals surface area contributed by atoms with Crippen molar-refractivity contribution in [2.45, 2.75) is 19.0 Å². The number of carboxylic acid groups (broad SMARTS) is 1. The number of fused-ring (bicyclic) bond motifs is 2. The van der Waals surface area contributed by atoms with E-state index in [9.17, 15) is 19.5 Å². The van der Waals surface area contributed by atoms with E-state index < -0.39 is 12.1 Å². The number of morpholine rings is 1. The molecule has 9 heteroatoms. The van der Waals surface area contributed by atoms with Crippen LogP contribution in [0.3, 0.4) is 0 Å². The molecule has 4 aliphatic rings. The number of hydrogen-bond acceptors (Lipinski definition) is 4. The second-order valence-electron chi connectivity index (χ2n) is 8.92. The van der Waals surface area contributed by atoms with Crippen LogP contribution in [0.25, 0.3) is 0 Å². The molecule has 9 nitrogen and oxygen atoms in total. The minimum Gasteiger partial charge on any atom is -0.465 e. The molecule has 0 aromatic heterocycles. The van der Waals surface area contributed by atoms with E-state index in [4.69, 9.17) is 4.74 Å². The molecule has 1 aromatic carbocycles. The van der Waals surface area contributed by atoms with Crippen molar-refractivity contribution in [2.75, 3.05) is 45.9 Å². The van der Waals surface area contributed by atoms with Crippen molar-refractivity contribution in [3.05, 3.63) is 35.4 Å². The Bertz CT molecular complexity index is 874. The lowest BCUT2D eigenvalue weighted by atomic mass is 9.94. The molecule has 1 aliphatic carbocycles. The number of ether oxygens (including phenoxy) is 1. The normalized spacial score (nSPS) is 29.2. The van der Waals surface area contributed by atoms with Crippen molar-refractivity contribution in [3.8, 4) is 0 Å². The summed E-state index contributed by atoms with van der Waals surface area (Å²) in [7, 11) is 0. The number of carbonyl (C=O) groups excluding carboxylic acids is 2. The number of piperidine rings is 1. The SMILES string of the molecule is O=C(NCC1C2CN(C(=O)N3CCOCC3)CC12)C1Cc2ccccc2CN1C(=O)O. The topological polar surface area (TPSA) is 102 Å². The van der Waals surface area contributed by atoms with Crippen molar-refractivity contribution >= 4 is 18.0 Å². The van der Waals surface area contributed by atoms with Gasteiger partial charge in [-0.05, 0) is 28.9 Å². The Morgan fingerprint density at radius 1 is 1.03 bits per heavy atom. The summed E-state index contributed by atoms with van der Waals surface area (Å²) < 4.78 is 5.31. The summed E-state index contributed by atoms with van der Waals surface area (Å²) in [5.74, 6) is 0.982. The summed E-state index contributed by atoms with van der Waals surface area (Å²) in [6.07, 6.45) is -0.677. The van der Waals surface area contributed by atoms with E-state index in [1.165, 1.54) is 4.90 Å². The maximum atomic E-state index is 12.9. The fraction of sp³-hybridized carbons (Fsp3) is 0.591. The Morgan fingerprint density at radius 2 is 1.71 bits per heavy atom. The number of hydrogen-bond donors (Lipinski definition) is 2. The molecular formula is C22H28N4O5. The second-order valence-corrected chi connectivity index (χ2v) is 8.92. The lowest BCUT2D eigenvalue weighted by Crippen LogP contribution is -2.52. The van der Waals surface area contributed by atoms with E-state index in [2.05, 4.69) is 5.32 Å². The van der Waals surface area contributed by atoms with Crippen LogP contribution in [0.5, 0.6) is 0 Å². The van der Waals surface area contributed by atoms with Crippen LogP contribution >= 0.6 is 0 Å². The Kier molecular flexibility index (Phi) is 5.21. The highest BCUT2D eigenvalue weighted by molar-refractivity contribution is 5.86. The number of likely N-dealkylation sites (tertiary alicyclic amines) is 1. The molecule has 3 fully saturated rings. The van der Waals surface area contributed by atoms with Crippen LogP contribution in [-0.4, -0.2) is 89.8 Å². The first-order chi connectivity index (χ1) is 15.0. The minimum atomic E-state index is -1.07. The summed E-state index contributed by atoms with van der Waals surface area (Å²) >= 11 is 0. The molecule has 0 radical (unpaired) electrons. The third-order valence-corrected chi connectivity index (χ3v) is 7.23. The van der Waals surface area contributed by atoms with Gasteiger partial charge in [-0.15, -0.1) is 0 Å². The van der Waals surface area contributed by atoms with E-state index in [1.54, 1.807) is 0 Å². The minimum absolute atomic E-state index is 0.0938. The summed E-state index contributed by atoms with van der Waals surface area (Å²) in [6.45, 7) is 4.73. The van der Waals surface area contributed by atoms with Crippen molar-refractivity contribution < 1.29 is 24.2 Å². The maximum Gasteiger partial charge on any atom is 0.408 e. The average molecular weight is 428 g/mol. The molecule has 0 spiro atoms. The number of nitrogens with zero attached hydrogens (tertiary/aromatic N) is 3. The molecule has 31 heavy (non-hydrogen) atoms. The van der Waals surface area contributed by atoms with Gasteiger partial charge >= 0.3 is 12.1 Å². The fourth-order valence-corrected chi connectivity index (χ4v) is 5.36. The highest BCUT2D eigenvalue weighted by Crippen LogP contribution is 2.51. The number of amides is 4. The second kappa shape index (κ2) is 8.03. The predicted octanol–water partition coefficient (Wildman–Crippen LogP) is 0.838. The van der Waals surface area contributed by atoms with Gasteiger partial charge in [-0.3, -0.25) is 9.69 Å². The van der Waals surface area contributed by atoms with Crippen LogP contribution in [0, 0.1) is 17.8 Å². The highest BCUT2D eigenvalue weighted by atomic mass is 16.5. The van der Waals surface area contributed by atoms with E-state index >= 15 is 0 Å². The van der Waals surface area contributed by atoms with Crippen molar-refractivity contribution in [3.63, 3.8) is 0 Å². The lowest BCUT2D eigenvalue weighted by Gasteiger charge is -2.34. The van der Waals surface area contributed by atoms with Crippen LogP contribution < -0.4 is 5.32 Å². The van der Waals surface area contributed by atoms with Gasteiger partial charge in [0.15, 0.2) is 0 Å². The number of urea groups is 1. The molecule has 3 aliphatic heterocycles. The molecule has 1 aromatic rings. The van der Waals surface area contributed by atoms with E-state index in [0.717, 1.165) is 24.2 Å². The predicted molar refractivity (Wildman–Crippen MR) is 110 cm³/mol. The van der Waals surface area contributed by atoms with Crippen molar-refractivity contribution in [1.82, 2.24) is 20.0 Å². The Morgan fingerprint density at radius 3 is 2.39 bits per heavy atom. The van der Waals surface area contributed by atoms with Crippen LogP contribution in [0.2, 0.25) is 0 Å². The lowest BCUT2D eigenvalue weighted by molar-refractivity contribution is -0.126. The zero-order valence-electron chi connectivity index (χ0n) is 17.4. The highest BCUT2D eigenvalue weighted by Gasteiger charge is 2.56.